The zero-order valence-corrected chi connectivity index (χ0v) is 18.8. The van der Waals surface area contributed by atoms with Crippen molar-refractivity contribution in [1.82, 2.24) is 5.32 Å². The third-order valence-electron chi connectivity index (χ3n) is 4.51. The molecule has 2 N–H and O–H groups in total. The van der Waals surface area contributed by atoms with Crippen molar-refractivity contribution in [3.05, 3.63) is 93.5 Å². The van der Waals surface area contributed by atoms with Crippen LogP contribution in [0.1, 0.15) is 22.8 Å². The molecular weight excluding hydrogens is 445 g/mol. The summed E-state index contributed by atoms with van der Waals surface area (Å²) in [5, 5.41) is 14.6. The van der Waals surface area contributed by atoms with Crippen LogP contribution in [0.3, 0.4) is 0 Å². The normalized spacial score (nSPS) is 11.5. The number of hydrogen-bond acceptors (Lipinski definition) is 4. The molecule has 3 rings (SSSR count). The van der Waals surface area contributed by atoms with E-state index in [1.165, 1.54) is 0 Å². The van der Waals surface area contributed by atoms with E-state index in [0.717, 1.165) is 16.7 Å². The van der Waals surface area contributed by atoms with E-state index in [1.54, 1.807) is 25.3 Å². The Hall–Kier alpha value is -1.95. The van der Waals surface area contributed by atoms with E-state index >= 15 is 0 Å². The third kappa shape index (κ3) is 6.53. The van der Waals surface area contributed by atoms with Crippen molar-refractivity contribution in [2.24, 2.45) is 0 Å². The standard InChI is InChI=1S/C23H23Cl2NO3.ClH/c1-28-23-12-16(13-26-14-21(27)17-6-3-2-4-7-17)10-11-22(23)29-15-18-19(24)8-5-9-20(18)25;/h2-12,21,26-27H,13-15H2,1H3;1H. The fourth-order valence-corrected chi connectivity index (χ4v) is 3.41. The van der Waals surface area contributed by atoms with Gasteiger partial charge in [0, 0.05) is 28.7 Å². The Morgan fingerprint density at radius 3 is 2.30 bits per heavy atom. The van der Waals surface area contributed by atoms with Gasteiger partial charge in [0.15, 0.2) is 11.5 Å². The van der Waals surface area contributed by atoms with Crippen LogP contribution in [-0.2, 0) is 13.2 Å². The number of halogens is 3. The quantitative estimate of drug-likeness (QED) is 0.415. The molecule has 4 nitrogen and oxygen atoms in total. The molecule has 3 aromatic carbocycles. The highest BCUT2D eigenvalue weighted by Crippen LogP contribution is 2.31. The van der Waals surface area contributed by atoms with Gasteiger partial charge in [0.25, 0.3) is 0 Å². The Morgan fingerprint density at radius 2 is 1.63 bits per heavy atom. The molecule has 0 saturated carbocycles. The van der Waals surface area contributed by atoms with Gasteiger partial charge in [-0.1, -0.05) is 65.7 Å². The van der Waals surface area contributed by atoms with Crippen LogP contribution in [0.25, 0.3) is 0 Å². The largest absolute Gasteiger partial charge is 0.493 e. The number of hydrogen-bond donors (Lipinski definition) is 2. The average Bonchev–Trinajstić information content (AvgIpc) is 2.74. The molecule has 0 aliphatic carbocycles. The van der Waals surface area contributed by atoms with E-state index in [-0.39, 0.29) is 19.0 Å². The SMILES string of the molecule is COc1cc(CNCC(O)c2ccccc2)ccc1OCc1c(Cl)cccc1Cl.Cl. The van der Waals surface area contributed by atoms with Gasteiger partial charge in [-0.05, 0) is 35.4 Å². The highest BCUT2D eigenvalue weighted by molar-refractivity contribution is 6.35. The molecule has 1 atom stereocenters. The van der Waals surface area contributed by atoms with Gasteiger partial charge in [-0.25, -0.2) is 0 Å². The number of nitrogens with one attached hydrogen (secondary N) is 1. The van der Waals surface area contributed by atoms with Gasteiger partial charge in [0.2, 0.25) is 0 Å². The van der Waals surface area contributed by atoms with Crippen LogP contribution in [0, 0.1) is 0 Å². The Balaban J connectivity index is 0.00000320. The summed E-state index contributed by atoms with van der Waals surface area (Å²) in [4.78, 5) is 0. The van der Waals surface area contributed by atoms with Crippen LogP contribution in [0.4, 0.5) is 0 Å². The van der Waals surface area contributed by atoms with E-state index < -0.39 is 6.10 Å². The van der Waals surface area contributed by atoms with Crippen LogP contribution < -0.4 is 14.8 Å². The molecule has 7 heteroatoms. The maximum absolute atomic E-state index is 10.2. The van der Waals surface area contributed by atoms with E-state index in [0.29, 0.717) is 34.6 Å². The highest BCUT2D eigenvalue weighted by atomic mass is 35.5. The molecule has 0 aromatic heterocycles. The van der Waals surface area contributed by atoms with Crippen molar-refractivity contribution >= 4 is 35.6 Å². The topological polar surface area (TPSA) is 50.7 Å². The minimum absolute atomic E-state index is 0. The summed E-state index contributed by atoms with van der Waals surface area (Å²) in [5.41, 5.74) is 2.64. The van der Waals surface area contributed by atoms with Crippen molar-refractivity contribution in [2.75, 3.05) is 13.7 Å². The summed E-state index contributed by atoms with van der Waals surface area (Å²) in [5.74, 6) is 1.23. The van der Waals surface area contributed by atoms with E-state index in [9.17, 15) is 5.11 Å². The number of rotatable bonds is 9. The Labute approximate surface area is 193 Å². The van der Waals surface area contributed by atoms with Crippen LogP contribution in [0.2, 0.25) is 10.0 Å². The zero-order chi connectivity index (χ0) is 20.6. The Bertz CT molecular complexity index is 918. The predicted molar refractivity (Wildman–Crippen MR) is 124 cm³/mol. The molecule has 0 saturated heterocycles. The lowest BCUT2D eigenvalue weighted by Crippen LogP contribution is -2.21. The molecule has 0 spiro atoms. The first kappa shape index (κ1) is 24.3. The lowest BCUT2D eigenvalue weighted by molar-refractivity contribution is 0.174. The predicted octanol–water partition coefficient (Wildman–Crippen LogP) is 5.83. The molecule has 30 heavy (non-hydrogen) atoms. The maximum atomic E-state index is 10.2. The molecule has 0 amide bonds. The number of aliphatic hydroxyl groups is 1. The van der Waals surface area contributed by atoms with Crippen molar-refractivity contribution in [1.29, 1.82) is 0 Å². The van der Waals surface area contributed by atoms with Gasteiger partial charge in [-0.3, -0.25) is 0 Å². The Kier molecular flexibility index (Phi) is 9.76. The lowest BCUT2D eigenvalue weighted by atomic mass is 10.1. The lowest BCUT2D eigenvalue weighted by Gasteiger charge is -2.15. The number of benzene rings is 3. The average molecular weight is 469 g/mol. The van der Waals surface area contributed by atoms with E-state index in [1.807, 2.05) is 48.5 Å². The summed E-state index contributed by atoms with van der Waals surface area (Å²) < 4.78 is 11.3. The van der Waals surface area contributed by atoms with Gasteiger partial charge in [0.05, 0.1) is 13.2 Å². The highest BCUT2D eigenvalue weighted by Gasteiger charge is 2.11. The maximum Gasteiger partial charge on any atom is 0.161 e. The second-order valence-corrected chi connectivity index (χ2v) is 7.35. The van der Waals surface area contributed by atoms with Crippen molar-refractivity contribution in [2.45, 2.75) is 19.3 Å². The second kappa shape index (κ2) is 12.0. The van der Waals surface area contributed by atoms with Crippen LogP contribution in [-0.4, -0.2) is 18.8 Å². The zero-order valence-electron chi connectivity index (χ0n) is 16.5. The molecule has 160 valence electrons. The minimum atomic E-state index is -0.555. The Morgan fingerprint density at radius 1 is 0.933 bits per heavy atom. The van der Waals surface area contributed by atoms with Crippen molar-refractivity contribution in [3.8, 4) is 11.5 Å². The second-order valence-electron chi connectivity index (χ2n) is 6.53. The molecule has 0 heterocycles. The van der Waals surface area contributed by atoms with Crippen LogP contribution in [0.15, 0.2) is 66.7 Å². The first-order valence-corrected chi connectivity index (χ1v) is 10.0. The van der Waals surface area contributed by atoms with Crippen LogP contribution in [0.5, 0.6) is 11.5 Å². The van der Waals surface area contributed by atoms with Crippen LogP contribution >= 0.6 is 35.6 Å². The van der Waals surface area contributed by atoms with E-state index in [2.05, 4.69) is 5.32 Å². The van der Waals surface area contributed by atoms with Gasteiger partial charge >= 0.3 is 0 Å². The fraction of sp³-hybridized carbons (Fsp3) is 0.217. The molecule has 0 bridgehead atoms. The number of aliphatic hydroxyl groups excluding tert-OH is 1. The van der Waals surface area contributed by atoms with Gasteiger partial charge in [-0.15, -0.1) is 12.4 Å². The molecule has 1 unspecified atom stereocenters. The third-order valence-corrected chi connectivity index (χ3v) is 5.22. The first-order valence-electron chi connectivity index (χ1n) is 9.25. The summed E-state index contributed by atoms with van der Waals surface area (Å²) in [6, 6.07) is 20.7. The number of ether oxygens (including phenoxy) is 2. The summed E-state index contributed by atoms with van der Waals surface area (Å²) in [6.07, 6.45) is -0.555. The summed E-state index contributed by atoms with van der Waals surface area (Å²) in [6.45, 7) is 1.29. The molecule has 0 fully saturated rings. The molecule has 0 aliphatic heterocycles. The van der Waals surface area contributed by atoms with Gasteiger partial charge in [-0.2, -0.15) is 0 Å². The van der Waals surface area contributed by atoms with E-state index in [4.69, 9.17) is 32.7 Å². The fourth-order valence-electron chi connectivity index (χ4n) is 2.91. The number of methoxy groups -OCH3 is 1. The smallest absolute Gasteiger partial charge is 0.161 e. The summed E-state index contributed by atoms with van der Waals surface area (Å²) in [7, 11) is 1.60. The van der Waals surface area contributed by atoms with Crippen molar-refractivity contribution < 1.29 is 14.6 Å². The summed E-state index contributed by atoms with van der Waals surface area (Å²) >= 11 is 12.4. The molecule has 0 radical (unpaired) electrons. The molecular formula is C23H24Cl3NO3. The molecule has 0 aliphatic rings. The van der Waals surface area contributed by atoms with Gasteiger partial charge < -0.3 is 19.9 Å². The first-order chi connectivity index (χ1) is 14.1. The van der Waals surface area contributed by atoms with Crippen molar-refractivity contribution in [3.63, 3.8) is 0 Å². The van der Waals surface area contributed by atoms with Gasteiger partial charge in [0.1, 0.15) is 6.61 Å². The monoisotopic (exact) mass is 467 g/mol. The minimum Gasteiger partial charge on any atom is -0.493 e. The molecule has 3 aromatic rings.